The molecule has 3 heterocycles. The zero-order valence-electron chi connectivity index (χ0n) is 16.8. The van der Waals surface area contributed by atoms with Crippen molar-refractivity contribution in [1.29, 1.82) is 0 Å². The number of rotatable bonds is 4. The summed E-state index contributed by atoms with van der Waals surface area (Å²) in [4.78, 5) is 41.4. The number of carbonyl (C=O) groups excluding carboxylic acids is 3. The first-order valence-electron chi connectivity index (χ1n) is 10.6. The van der Waals surface area contributed by atoms with E-state index in [0.29, 0.717) is 51.6 Å². The molecule has 0 spiro atoms. The SMILES string of the molecule is C.C.O=C1CO[C@@H]2CCN(C(=O)[C@H](CC3CCCCC3)OC(=O)N3CCOCC3)[C@H]12.S. The fourth-order valence-electron chi connectivity index (χ4n) is 4.89. The Morgan fingerprint density at radius 3 is 2.39 bits per heavy atom. The van der Waals surface area contributed by atoms with Crippen molar-refractivity contribution in [2.45, 2.75) is 78.0 Å². The van der Waals surface area contributed by atoms with Crippen molar-refractivity contribution in [2.24, 2.45) is 5.92 Å². The summed E-state index contributed by atoms with van der Waals surface area (Å²) in [5.41, 5.74) is 0. The highest BCUT2D eigenvalue weighted by molar-refractivity contribution is 7.59. The first-order valence-corrected chi connectivity index (χ1v) is 10.6. The summed E-state index contributed by atoms with van der Waals surface area (Å²) in [6.07, 6.45) is 5.38. The van der Waals surface area contributed by atoms with Crippen molar-refractivity contribution in [1.82, 2.24) is 9.80 Å². The van der Waals surface area contributed by atoms with E-state index in [-0.39, 0.29) is 52.8 Å². The summed E-state index contributed by atoms with van der Waals surface area (Å²) in [7, 11) is 0. The number of Topliss-reactive ketones (excluding diaryl/α,β-unsaturated/α-hetero) is 1. The average molecular weight is 461 g/mol. The number of ether oxygens (including phenoxy) is 3. The molecule has 0 N–H and O–H groups in total. The molecule has 180 valence electrons. The Bertz CT molecular complexity index is 607. The maximum Gasteiger partial charge on any atom is 0.410 e. The van der Waals surface area contributed by atoms with Crippen LogP contribution in [0.15, 0.2) is 0 Å². The number of carbonyl (C=O) groups is 3. The molecule has 1 aliphatic carbocycles. The van der Waals surface area contributed by atoms with Crippen molar-refractivity contribution in [3.63, 3.8) is 0 Å². The highest BCUT2D eigenvalue weighted by Gasteiger charge is 2.48. The van der Waals surface area contributed by atoms with Crippen LogP contribution in [0.2, 0.25) is 0 Å². The van der Waals surface area contributed by atoms with Crippen LogP contribution in [0.4, 0.5) is 4.79 Å². The van der Waals surface area contributed by atoms with Crippen LogP contribution in [-0.2, 0) is 23.8 Å². The van der Waals surface area contributed by atoms with E-state index in [2.05, 4.69) is 0 Å². The monoisotopic (exact) mass is 460 g/mol. The molecule has 0 unspecified atom stereocenters. The molecule has 0 aromatic heterocycles. The van der Waals surface area contributed by atoms with Crippen LogP contribution in [0, 0.1) is 5.92 Å². The van der Waals surface area contributed by atoms with Gasteiger partial charge in [-0.05, 0) is 18.8 Å². The predicted octanol–water partition coefficient (Wildman–Crippen LogP) is 2.75. The lowest BCUT2D eigenvalue weighted by atomic mass is 9.85. The zero-order chi connectivity index (χ0) is 19.5. The number of likely N-dealkylation sites (tertiary alicyclic amines) is 1. The van der Waals surface area contributed by atoms with E-state index in [1.165, 1.54) is 6.42 Å². The van der Waals surface area contributed by atoms with Gasteiger partial charge in [-0.1, -0.05) is 47.0 Å². The molecule has 4 fully saturated rings. The number of hydrogen-bond acceptors (Lipinski definition) is 6. The summed E-state index contributed by atoms with van der Waals surface area (Å²) >= 11 is 0. The molecule has 0 aromatic rings. The standard InChI is InChI=1S/C20H30N2O6.2CH4.H2S/c23-15-13-27-16-6-7-22(18(15)16)19(24)17(12-14-4-2-1-3-5-14)28-20(25)21-8-10-26-11-9-21;;;/h14,16-18H,1-13H2;2*1H4;1H2/t16-,17+,18-;;;/m1.../s1. The van der Waals surface area contributed by atoms with Gasteiger partial charge < -0.3 is 24.0 Å². The molecule has 4 aliphatic rings. The summed E-state index contributed by atoms with van der Waals surface area (Å²) in [5.74, 6) is 0.0967. The van der Waals surface area contributed by atoms with Crippen molar-refractivity contribution < 1.29 is 28.6 Å². The lowest BCUT2D eigenvalue weighted by Gasteiger charge is -2.32. The molecule has 0 radical (unpaired) electrons. The van der Waals surface area contributed by atoms with Crippen LogP contribution in [0.5, 0.6) is 0 Å². The molecule has 2 amide bonds. The van der Waals surface area contributed by atoms with Gasteiger partial charge in [-0.3, -0.25) is 9.59 Å². The minimum atomic E-state index is -0.828. The summed E-state index contributed by atoms with van der Waals surface area (Å²) < 4.78 is 16.5. The van der Waals surface area contributed by atoms with Gasteiger partial charge in [-0.15, -0.1) is 0 Å². The Kier molecular flexibility index (Phi) is 11.3. The highest BCUT2D eigenvalue weighted by atomic mass is 32.1. The van der Waals surface area contributed by atoms with Crippen molar-refractivity contribution in [2.75, 3.05) is 39.5 Å². The second-order valence-corrected chi connectivity index (χ2v) is 8.29. The van der Waals surface area contributed by atoms with Crippen LogP contribution < -0.4 is 0 Å². The first kappa shape index (κ1) is 27.7. The molecular formula is C22H40N2O6S. The van der Waals surface area contributed by atoms with E-state index in [9.17, 15) is 14.4 Å². The van der Waals surface area contributed by atoms with Gasteiger partial charge in [-0.2, -0.15) is 13.5 Å². The minimum absolute atomic E-state index is 0. The van der Waals surface area contributed by atoms with Crippen molar-refractivity contribution in [3.8, 4) is 0 Å². The van der Waals surface area contributed by atoms with Crippen LogP contribution >= 0.6 is 13.5 Å². The first-order chi connectivity index (χ1) is 13.6. The average Bonchev–Trinajstić information content (AvgIpc) is 3.31. The third kappa shape index (κ3) is 6.35. The third-order valence-corrected chi connectivity index (χ3v) is 6.46. The molecule has 0 bridgehead atoms. The number of fused-ring (bicyclic) bond motifs is 1. The molecule has 8 nitrogen and oxygen atoms in total. The minimum Gasteiger partial charge on any atom is -0.436 e. The van der Waals surface area contributed by atoms with Gasteiger partial charge in [0.25, 0.3) is 5.91 Å². The maximum atomic E-state index is 13.3. The van der Waals surface area contributed by atoms with Crippen molar-refractivity contribution >= 4 is 31.3 Å². The number of hydrogen-bond donors (Lipinski definition) is 0. The van der Waals surface area contributed by atoms with E-state index in [1.807, 2.05) is 0 Å². The lowest BCUT2D eigenvalue weighted by molar-refractivity contribution is -0.145. The molecule has 3 atom stereocenters. The third-order valence-electron chi connectivity index (χ3n) is 6.46. The van der Waals surface area contributed by atoms with E-state index in [1.54, 1.807) is 9.80 Å². The van der Waals surface area contributed by atoms with E-state index in [0.717, 1.165) is 25.7 Å². The molecule has 3 aliphatic heterocycles. The van der Waals surface area contributed by atoms with Crippen LogP contribution in [0.1, 0.15) is 59.8 Å². The largest absolute Gasteiger partial charge is 0.436 e. The molecule has 4 rings (SSSR count). The van der Waals surface area contributed by atoms with Gasteiger partial charge in [0.1, 0.15) is 12.6 Å². The van der Waals surface area contributed by atoms with Crippen LogP contribution in [0.3, 0.4) is 0 Å². The quantitative estimate of drug-likeness (QED) is 0.641. The molecular weight excluding hydrogens is 420 g/mol. The molecule has 9 heteroatoms. The number of nitrogens with zero attached hydrogens (tertiary/aromatic N) is 2. The summed E-state index contributed by atoms with van der Waals surface area (Å²) in [5, 5.41) is 0. The summed E-state index contributed by atoms with van der Waals surface area (Å²) in [6, 6.07) is -0.511. The second-order valence-electron chi connectivity index (χ2n) is 8.29. The highest BCUT2D eigenvalue weighted by Crippen LogP contribution is 2.32. The number of ketones is 1. The van der Waals surface area contributed by atoms with Crippen LogP contribution in [-0.4, -0.2) is 85.3 Å². The molecule has 1 saturated carbocycles. The van der Waals surface area contributed by atoms with E-state index in [4.69, 9.17) is 14.2 Å². The van der Waals surface area contributed by atoms with Crippen molar-refractivity contribution in [3.05, 3.63) is 0 Å². The van der Waals surface area contributed by atoms with E-state index < -0.39 is 18.2 Å². The van der Waals surface area contributed by atoms with Crippen LogP contribution in [0.25, 0.3) is 0 Å². The van der Waals surface area contributed by atoms with Gasteiger partial charge in [0.05, 0.1) is 19.3 Å². The smallest absolute Gasteiger partial charge is 0.410 e. The second kappa shape index (κ2) is 12.6. The fourth-order valence-corrected chi connectivity index (χ4v) is 4.89. The maximum absolute atomic E-state index is 13.3. The fraction of sp³-hybridized carbons (Fsp3) is 0.864. The van der Waals surface area contributed by atoms with Gasteiger partial charge in [0.2, 0.25) is 0 Å². The Morgan fingerprint density at radius 2 is 1.71 bits per heavy atom. The van der Waals surface area contributed by atoms with E-state index >= 15 is 0 Å². The number of amides is 2. The summed E-state index contributed by atoms with van der Waals surface area (Å²) in [6.45, 7) is 2.47. The molecule has 0 aromatic carbocycles. The Balaban J connectivity index is 0.00000160. The molecule has 3 saturated heterocycles. The lowest BCUT2D eigenvalue weighted by Crippen LogP contribution is -2.50. The topological polar surface area (TPSA) is 85.4 Å². The van der Waals surface area contributed by atoms with Gasteiger partial charge in [0.15, 0.2) is 11.9 Å². The van der Waals surface area contributed by atoms with Gasteiger partial charge >= 0.3 is 6.09 Å². The molecule has 31 heavy (non-hydrogen) atoms. The Labute approximate surface area is 193 Å². The normalized spacial score (nSPS) is 26.8. The number of morpholine rings is 1. The Morgan fingerprint density at radius 1 is 1.03 bits per heavy atom. The Hall–Kier alpha value is -1.32. The zero-order valence-corrected chi connectivity index (χ0v) is 17.8. The van der Waals surface area contributed by atoms with Gasteiger partial charge in [0, 0.05) is 19.6 Å². The predicted molar refractivity (Wildman–Crippen MR) is 123 cm³/mol. The van der Waals surface area contributed by atoms with Gasteiger partial charge in [-0.25, -0.2) is 4.79 Å².